The summed E-state index contributed by atoms with van der Waals surface area (Å²) in [6.45, 7) is 0. The van der Waals surface area contributed by atoms with Gasteiger partial charge in [0, 0.05) is 12.1 Å². The van der Waals surface area contributed by atoms with E-state index in [-0.39, 0.29) is 11.6 Å². The van der Waals surface area contributed by atoms with Crippen LogP contribution in [0.2, 0.25) is 0 Å². The summed E-state index contributed by atoms with van der Waals surface area (Å²) in [7, 11) is 0. The van der Waals surface area contributed by atoms with E-state index in [0.29, 0.717) is 20.5 Å². The lowest BCUT2D eigenvalue weighted by Gasteiger charge is -2.14. The van der Waals surface area contributed by atoms with Gasteiger partial charge in [-0.3, -0.25) is 19.8 Å². The molecule has 5 nitrogen and oxygen atoms in total. The fourth-order valence-electron chi connectivity index (χ4n) is 2.12. The van der Waals surface area contributed by atoms with E-state index < -0.39 is 10.7 Å². The van der Waals surface area contributed by atoms with Crippen LogP contribution in [0.1, 0.15) is 5.56 Å². The molecule has 8 heteroatoms. The van der Waals surface area contributed by atoms with Crippen molar-refractivity contribution in [1.29, 1.82) is 0 Å². The zero-order valence-corrected chi connectivity index (χ0v) is 13.6. The van der Waals surface area contributed by atoms with Crippen molar-refractivity contribution in [1.82, 2.24) is 0 Å². The number of halogens is 1. The highest BCUT2D eigenvalue weighted by molar-refractivity contribution is 8.27. The highest BCUT2D eigenvalue weighted by Gasteiger charge is 2.33. The Morgan fingerprint density at radius 1 is 1.12 bits per heavy atom. The summed E-state index contributed by atoms with van der Waals surface area (Å²) >= 11 is 6.35. The molecule has 2 aromatic carbocycles. The zero-order valence-electron chi connectivity index (χ0n) is 12.0. The number of amides is 1. The van der Waals surface area contributed by atoms with Crippen LogP contribution in [-0.4, -0.2) is 15.2 Å². The normalized spacial score (nSPS) is 16.0. The summed E-state index contributed by atoms with van der Waals surface area (Å²) in [6, 6.07) is 11.3. The lowest BCUT2D eigenvalue weighted by atomic mass is 10.2. The standard InChI is InChI=1S/C16H9FN2O3S2/c17-11-3-7-12(8-4-11)18-15(20)14(24-16(18)23)9-10-1-5-13(6-2-10)19(21)22/h1-9H/b14-9-. The molecule has 1 aliphatic rings. The minimum atomic E-state index is -0.488. The van der Waals surface area contributed by atoms with E-state index in [1.165, 1.54) is 41.3 Å². The highest BCUT2D eigenvalue weighted by Crippen LogP contribution is 2.36. The Morgan fingerprint density at radius 3 is 2.33 bits per heavy atom. The number of rotatable bonds is 3. The van der Waals surface area contributed by atoms with E-state index in [1.807, 2.05) is 0 Å². The molecule has 1 heterocycles. The Labute approximate surface area is 145 Å². The van der Waals surface area contributed by atoms with Crippen molar-refractivity contribution in [2.24, 2.45) is 0 Å². The molecule has 0 spiro atoms. The molecule has 0 saturated carbocycles. The number of non-ortho nitro benzene ring substituents is 1. The second-order valence-corrected chi connectivity index (χ2v) is 6.52. The van der Waals surface area contributed by atoms with Crippen molar-refractivity contribution in [2.75, 3.05) is 4.90 Å². The van der Waals surface area contributed by atoms with Crippen molar-refractivity contribution in [2.45, 2.75) is 0 Å². The number of carbonyl (C=O) groups excluding carboxylic acids is 1. The van der Waals surface area contributed by atoms with E-state index in [1.54, 1.807) is 18.2 Å². The molecule has 0 radical (unpaired) electrons. The van der Waals surface area contributed by atoms with Crippen LogP contribution in [0.3, 0.4) is 0 Å². The minimum Gasteiger partial charge on any atom is -0.268 e. The van der Waals surface area contributed by atoms with E-state index in [4.69, 9.17) is 12.2 Å². The van der Waals surface area contributed by atoms with Crippen LogP contribution in [0, 0.1) is 15.9 Å². The highest BCUT2D eigenvalue weighted by atomic mass is 32.2. The first-order chi connectivity index (χ1) is 11.5. The van der Waals surface area contributed by atoms with Gasteiger partial charge in [0.2, 0.25) is 0 Å². The van der Waals surface area contributed by atoms with Crippen molar-refractivity contribution in [3.8, 4) is 0 Å². The van der Waals surface area contributed by atoms with Gasteiger partial charge in [-0.15, -0.1) is 0 Å². The van der Waals surface area contributed by atoms with Crippen LogP contribution in [0.15, 0.2) is 53.4 Å². The van der Waals surface area contributed by atoms with Gasteiger partial charge in [-0.05, 0) is 48.0 Å². The smallest absolute Gasteiger partial charge is 0.268 e. The third-order valence-electron chi connectivity index (χ3n) is 3.28. The second-order valence-electron chi connectivity index (χ2n) is 4.84. The SMILES string of the molecule is O=C1/C(=C/c2ccc([N+](=O)[O-])cc2)SC(=S)N1c1ccc(F)cc1. The van der Waals surface area contributed by atoms with Crippen LogP contribution in [-0.2, 0) is 4.79 Å². The third-order valence-corrected chi connectivity index (χ3v) is 4.58. The van der Waals surface area contributed by atoms with Gasteiger partial charge in [-0.25, -0.2) is 4.39 Å². The summed E-state index contributed by atoms with van der Waals surface area (Å²) in [4.78, 5) is 24.4. The Balaban J connectivity index is 1.87. The van der Waals surface area contributed by atoms with E-state index in [9.17, 15) is 19.3 Å². The van der Waals surface area contributed by atoms with Crippen LogP contribution >= 0.6 is 24.0 Å². The molecule has 2 aromatic rings. The summed E-state index contributed by atoms with van der Waals surface area (Å²) in [6.07, 6.45) is 1.62. The molecule has 0 atom stereocenters. The fraction of sp³-hybridized carbons (Fsp3) is 0. The van der Waals surface area contributed by atoms with E-state index in [0.717, 1.165) is 11.8 Å². The number of hydrogen-bond donors (Lipinski definition) is 0. The average molecular weight is 360 g/mol. The van der Waals surface area contributed by atoms with Crippen molar-refractivity contribution in [3.63, 3.8) is 0 Å². The van der Waals surface area contributed by atoms with Crippen molar-refractivity contribution >= 4 is 51.7 Å². The number of nitrogens with zero attached hydrogens (tertiary/aromatic N) is 2. The van der Waals surface area contributed by atoms with Gasteiger partial charge in [0.25, 0.3) is 11.6 Å². The molecule has 1 amide bonds. The summed E-state index contributed by atoms with van der Waals surface area (Å²) in [5.41, 5.74) is 1.12. The van der Waals surface area contributed by atoms with Gasteiger partial charge in [-0.1, -0.05) is 24.0 Å². The van der Waals surface area contributed by atoms with E-state index in [2.05, 4.69) is 0 Å². The quantitative estimate of drug-likeness (QED) is 0.356. The molecule has 1 fully saturated rings. The first-order valence-corrected chi connectivity index (χ1v) is 7.96. The molecule has 0 aliphatic carbocycles. The topological polar surface area (TPSA) is 63.4 Å². The summed E-state index contributed by atoms with van der Waals surface area (Å²) in [5, 5.41) is 10.7. The number of anilines is 1. The summed E-state index contributed by atoms with van der Waals surface area (Å²) in [5.74, 6) is -0.708. The van der Waals surface area contributed by atoms with Gasteiger partial charge >= 0.3 is 0 Å². The maximum absolute atomic E-state index is 13.0. The maximum Gasteiger partial charge on any atom is 0.270 e. The predicted molar refractivity (Wildman–Crippen MR) is 95.1 cm³/mol. The number of nitro benzene ring substituents is 1. The van der Waals surface area contributed by atoms with Crippen LogP contribution < -0.4 is 4.90 Å². The fourth-order valence-corrected chi connectivity index (χ4v) is 3.42. The van der Waals surface area contributed by atoms with E-state index >= 15 is 0 Å². The Morgan fingerprint density at radius 2 is 1.75 bits per heavy atom. The molecule has 0 aromatic heterocycles. The average Bonchev–Trinajstić information content (AvgIpc) is 2.83. The number of thioether (sulfide) groups is 1. The van der Waals surface area contributed by atoms with Gasteiger partial charge in [0.15, 0.2) is 4.32 Å². The molecule has 1 saturated heterocycles. The number of benzene rings is 2. The maximum atomic E-state index is 13.0. The first kappa shape index (κ1) is 16.3. The summed E-state index contributed by atoms with van der Waals surface area (Å²) < 4.78 is 13.4. The Kier molecular flexibility index (Phi) is 4.41. The van der Waals surface area contributed by atoms with Gasteiger partial charge in [-0.2, -0.15) is 0 Å². The molecule has 120 valence electrons. The predicted octanol–water partition coefficient (Wildman–Crippen LogP) is 4.14. The Bertz CT molecular complexity index is 864. The zero-order chi connectivity index (χ0) is 17.3. The van der Waals surface area contributed by atoms with Crippen molar-refractivity contribution in [3.05, 3.63) is 74.9 Å². The molecule has 1 aliphatic heterocycles. The number of thiocarbonyl (C=S) groups is 1. The number of carbonyl (C=O) groups is 1. The third kappa shape index (κ3) is 3.19. The molecular formula is C16H9FN2O3S2. The molecular weight excluding hydrogens is 351 g/mol. The van der Waals surface area contributed by atoms with Crippen LogP contribution in [0.4, 0.5) is 15.8 Å². The largest absolute Gasteiger partial charge is 0.270 e. The molecule has 24 heavy (non-hydrogen) atoms. The molecule has 0 unspecified atom stereocenters. The minimum absolute atomic E-state index is 0.0222. The molecule has 0 bridgehead atoms. The van der Waals surface area contributed by atoms with Gasteiger partial charge < -0.3 is 0 Å². The monoisotopic (exact) mass is 360 g/mol. The van der Waals surface area contributed by atoms with Gasteiger partial charge in [0.05, 0.1) is 15.5 Å². The molecule has 3 rings (SSSR count). The second kappa shape index (κ2) is 6.50. The van der Waals surface area contributed by atoms with Crippen LogP contribution in [0.5, 0.6) is 0 Å². The van der Waals surface area contributed by atoms with Crippen LogP contribution in [0.25, 0.3) is 6.08 Å². The lowest BCUT2D eigenvalue weighted by Crippen LogP contribution is -2.27. The number of hydrogen-bond acceptors (Lipinski definition) is 5. The van der Waals surface area contributed by atoms with Gasteiger partial charge in [0.1, 0.15) is 5.82 Å². The first-order valence-electron chi connectivity index (χ1n) is 6.74. The lowest BCUT2D eigenvalue weighted by molar-refractivity contribution is -0.384. The Hall–Kier alpha value is -2.58. The molecule has 0 N–H and O–H groups in total. The van der Waals surface area contributed by atoms with Crippen molar-refractivity contribution < 1.29 is 14.1 Å². The number of nitro groups is 1.